The first-order valence-corrected chi connectivity index (χ1v) is 4.43. The summed E-state index contributed by atoms with van der Waals surface area (Å²) in [4.78, 5) is 0. The molecule has 1 atom stereocenters. The molecule has 2 N–H and O–H groups in total. The van der Waals surface area contributed by atoms with E-state index in [9.17, 15) is 0 Å². The molecule has 2 nitrogen and oxygen atoms in total. The van der Waals surface area contributed by atoms with E-state index in [0.29, 0.717) is 6.61 Å². The highest BCUT2D eigenvalue weighted by atomic mass is 79.9. The van der Waals surface area contributed by atoms with Crippen LogP contribution in [-0.4, -0.2) is 11.1 Å². The van der Waals surface area contributed by atoms with E-state index in [0.717, 1.165) is 12.1 Å². The van der Waals surface area contributed by atoms with Crippen molar-refractivity contribution in [1.82, 2.24) is 0 Å². The predicted octanol–water partition coefficient (Wildman–Crippen LogP) is 1.92. The summed E-state index contributed by atoms with van der Waals surface area (Å²) in [6.45, 7) is 2.67. The molecule has 1 unspecified atom stereocenters. The molecule has 3 heteroatoms. The fourth-order valence-electron chi connectivity index (χ4n) is 0.961. The van der Waals surface area contributed by atoms with Gasteiger partial charge in [0, 0.05) is 18.7 Å². The summed E-state index contributed by atoms with van der Waals surface area (Å²) in [5.41, 5.74) is 6.36. The number of nitrogens with two attached hydrogens (primary N) is 1. The highest BCUT2D eigenvalue weighted by Crippen LogP contribution is 2.29. The van der Waals surface area contributed by atoms with Crippen LogP contribution >= 0.6 is 15.9 Å². The van der Waals surface area contributed by atoms with Gasteiger partial charge in [0.25, 0.3) is 0 Å². The van der Waals surface area contributed by atoms with Gasteiger partial charge in [0.05, 0.1) is 0 Å². The van der Waals surface area contributed by atoms with Crippen molar-refractivity contribution in [3.05, 3.63) is 23.9 Å². The molecule has 0 heterocycles. The molecule has 0 radical (unpaired) electrons. The zero-order chi connectivity index (χ0) is 8.32. The zero-order valence-corrected chi connectivity index (χ0v) is 8.10. The summed E-state index contributed by atoms with van der Waals surface area (Å²) in [6.07, 6.45) is 6.54. The van der Waals surface area contributed by atoms with Crippen molar-refractivity contribution in [3.63, 3.8) is 0 Å². The van der Waals surface area contributed by atoms with Gasteiger partial charge in [-0.05, 0) is 35.0 Å². The van der Waals surface area contributed by atoms with E-state index in [1.807, 2.05) is 25.2 Å². The van der Waals surface area contributed by atoms with Gasteiger partial charge in [-0.15, -0.1) is 0 Å². The van der Waals surface area contributed by atoms with Crippen molar-refractivity contribution >= 4 is 15.9 Å². The van der Waals surface area contributed by atoms with E-state index in [2.05, 4.69) is 15.9 Å². The molecule has 0 amide bonds. The van der Waals surface area contributed by atoms with E-state index in [4.69, 9.17) is 10.5 Å². The maximum absolute atomic E-state index is 5.55. The summed E-state index contributed by atoms with van der Waals surface area (Å²) >= 11 is 3.47. The Morgan fingerprint density at radius 2 is 2.55 bits per heavy atom. The molecule has 0 saturated heterocycles. The van der Waals surface area contributed by atoms with Gasteiger partial charge in [-0.3, -0.25) is 0 Å². The van der Waals surface area contributed by atoms with Gasteiger partial charge in [0.2, 0.25) is 0 Å². The topological polar surface area (TPSA) is 35.2 Å². The second-order valence-electron chi connectivity index (χ2n) is 2.46. The quantitative estimate of drug-likeness (QED) is 0.718. The number of hydrogen-bond donors (Lipinski definition) is 1. The van der Waals surface area contributed by atoms with Crippen LogP contribution in [0.4, 0.5) is 0 Å². The molecule has 0 saturated carbocycles. The molecular formula is C8H12BrNO. The summed E-state index contributed by atoms with van der Waals surface area (Å²) in [5.74, 6) is 0. The molecule has 0 aromatic heterocycles. The summed E-state index contributed by atoms with van der Waals surface area (Å²) < 4.78 is 5.13. The third kappa shape index (κ3) is 2.34. The summed E-state index contributed by atoms with van der Waals surface area (Å²) in [6, 6.07) is 0. The lowest BCUT2D eigenvalue weighted by atomic mass is 10.1. The van der Waals surface area contributed by atoms with Crippen LogP contribution in [0.25, 0.3) is 0 Å². The van der Waals surface area contributed by atoms with Crippen LogP contribution in [0.1, 0.15) is 13.3 Å². The Morgan fingerprint density at radius 3 is 3.00 bits per heavy atom. The van der Waals surface area contributed by atoms with Gasteiger partial charge >= 0.3 is 0 Å². The van der Waals surface area contributed by atoms with Gasteiger partial charge in [0.15, 0.2) is 0 Å². The third-order valence-corrected chi connectivity index (χ3v) is 2.34. The molecule has 0 aromatic carbocycles. The number of alkyl halides is 1. The van der Waals surface area contributed by atoms with Crippen LogP contribution in [-0.2, 0) is 4.74 Å². The van der Waals surface area contributed by atoms with Crippen LogP contribution in [0.5, 0.6) is 0 Å². The minimum atomic E-state index is -0.315. The maximum Gasteiger partial charge on any atom is 0.145 e. The molecule has 1 aliphatic carbocycles. The largest absolute Gasteiger partial charge is 0.399 e. The SMILES string of the molecule is CCOC1(Br)C=CC(N)=CC1. The summed E-state index contributed by atoms with van der Waals surface area (Å²) in [5, 5.41) is 0. The van der Waals surface area contributed by atoms with E-state index in [1.54, 1.807) is 0 Å². The highest BCUT2D eigenvalue weighted by molar-refractivity contribution is 9.10. The molecule has 1 aliphatic rings. The average Bonchev–Trinajstić information content (AvgIpc) is 1.97. The fraction of sp³-hybridized carbons (Fsp3) is 0.500. The Bertz CT molecular complexity index is 200. The minimum Gasteiger partial charge on any atom is -0.399 e. The highest BCUT2D eigenvalue weighted by Gasteiger charge is 2.23. The van der Waals surface area contributed by atoms with Gasteiger partial charge in [-0.2, -0.15) is 0 Å². The molecule has 0 aliphatic heterocycles. The van der Waals surface area contributed by atoms with Crippen LogP contribution in [0, 0.1) is 0 Å². The van der Waals surface area contributed by atoms with E-state index < -0.39 is 0 Å². The van der Waals surface area contributed by atoms with Crippen LogP contribution in [0.15, 0.2) is 23.9 Å². The van der Waals surface area contributed by atoms with Crippen LogP contribution < -0.4 is 5.73 Å². The number of hydrogen-bond acceptors (Lipinski definition) is 2. The molecule has 0 aromatic rings. The Morgan fingerprint density at radius 1 is 1.82 bits per heavy atom. The molecule has 62 valence electrons. The lowest BCUT2D eigenvalue weighted by molar-refractivity contribution is 0.0765. The lowest BCUT2D eigenvalue weighted by Gasteiger charge is -2.24. The molecule has 0 spiro atoms. The standard InChI is InChI=1S/C8H12BrNO/c1-2-11-8(9)5-3-7(10)4-6-8/h3-5H,2,6,10H2,1H3. The maximum atomic E-state index is 5.55. The second kappa shape index (κ2) is 3.41. The van der Waals surface area contributed by atoms with E-state index in [1.165, 1.54) is 0 Å². The monoisotopic (exact) mass is 217 g/mol. The Labute approximate surface area is 75.2 Å². The Kier molecular flexibility index (Phi) is 2.73. The molecule has 11 heavy (non-hydrogen) atoms. The van der Waals surface area contributed by atoms with Crippen molar-refractivity contribution in [3.8, 4) is 0 Å². The summed E-state index contributed by atoms with van der Waals surface area (Å²) in [7, 11) is 0. The number of halogens is 1. The van der Waals surface area contributed by atoms with Gasteiger partial charge in [-0.1, -0.05) is 6.08 Å². The lowest BCUT2D eigenvalue weighted by Crippen LogP contribution is -2.24. The Balaban J connectivity index is 2.58. The smallest absolute Gasteiger partial charge is 0.145 e. The molecule has 1 rings (SSSR count). The van der Waals surface area contributed by atoms with Gasteiger partial charge in [-0.25, -0.2) is 0 Å². The molecule has 0 bridgehead atoms. The number of allylic oxidation sites excluding steroid dienone is 1. The number of rotatable bonds is 2. The van der Waals surface area contributed by atoms with Gasteiger partial charge in [0.1, 0.15) is 4.51 Å². The normalized spacial score (nSPS) is 30.2. The van der Waals surface area contributed by atoms with Crippen molar-refractivity contribution in [2.45, 2.75) is 17.9 Å². The molecule has 0 fully saturated rings. The zero-order valence-electron chi connectivity index (χ0n) is 6.51. The number of ether oxygens (including phenoxy) is 1. The first-order chi connectivity index (χ1) is 5.16. The van der Waals surface area contributed by atoms with Crippen molar-refractivity contribution in [2.24, 2.45) is 5.73 Å². The van der Waals surface area contributed by atoms with Crippen molar-refractivity contribution in [2.75, 3.05) is 6.61 Å². The van der Waals surface area contributed by atoms with E-state index in [-0.39, 0.29) is 4.51 Å². The Hall–Kier alpha value is -0.280. The average molecular weight is 218 g/mol. The minimum absolute atomic E-state index is 0.315. The fourth-order valence-corrected chi connectivity index (χ4v) is 1.48. The predicted molar refractivity (Wildman–Crippen MR) is 49.3 cm³/mol. The van der Waals surface area contributed by atoms with Crippen molar-refractivity contribution in [1.29, 1.82) is 0 Å². The van der Waals surface area contributed by atoms with Crippen molar-refractivity contribution < 1.29 is 4.74 Å². The first-order valence-electron chi connectivity index (χ1n) is 3.64. The van der Waals surface area contributed by atoms with Crippen LogP contribution in [0.3, 0.4) is 0 Å². The first kappa shape index (κ1) is 8.81. The van der Waals surface area contributed by atoms with Gasteiger partial charge < -0.3 is 10.5 Å². The third-order valence-electron chi connectivity index (χ3n) is 1.53. The molecular weight excluding hydrogens is 206 g/mol. The van der Waals surface area contributed by atoms with Crippen LogP contribution in [0.2, 0.25) is 0 Å². The van der Waals surface area contributed by atoms with E-state index >= 15 is 0 Å². The second-order valence-corrected chi connectivity index (χ2v) is 3.80.